The Morgan fingerprint density at radius 2 is 2.19 bits per heavy atom. The van der Waals surface area contributed by atoms with E-state index in [4.69, 9.17) is 0 Å². The number of hydrogen-bond acceptors (Lipinski definition) is 2. The number of amides is 1. The summed E-state index contributed by atoms with van der Waals surface area (Å²) < 4.78 is 25.9. The number of halogens is 2. The van der Waals surface area contributed by atoms with Crippen molar-refractivity contribution in [3.05, 3.63) is 17.5 Å². The number of carbonyl (C=O) groups is 1. The molecule has 1 heterocycles. The van der Waals surface area contributed by atoms with Gasteiger partial charge in [0.2, 0.25) is 0 Å². The predicted octanol–water partition coefficient (Wildman–Crippen LogP) is 3.14. The van der Waals surface area contributed by atoms with Gasteiger partial charge in [-0.3, -0.25) is 4.79 Å². The first kappa shape index (κ1) is 14.5. The molecule has 2 bridgehead atoms. The van der Waals surface area contributed by atoms with Gasteiger partial charge < -0.3 is 5.32 Å². The Morgan fingerprint density at radius 3 is 2.71 bits per heavy atom. The quantitative estimate of drug-likeness (QED) is 0.928. The number of alkyl halides is 2. The Morgan fingerprint density at radius 1 is 1.43 bits per heavy atom. The molecule has 0 spiro atoms. The summed E-state index contributed by atoms with van der Waals surface area (Å²) >= 11 is 0. The van der Waals surface area contributed by atoms with Crippen molar-refractivity contribution in [1.29, 1.82) is 0 Å². The molecule has 21 heavy (non-hydrogen) atoms. The number of aromatic nitrogens is 2. The molecule has 1 aromatic rings. The maximum absolute atomic E-state index is 12.7. The minimum Gasteiger partial charge on any atom is -0.348 e. The molecule has 1 N–H and O–H groups in total. The summed E-state index contributed by atoms with van der Waals surface area (Å²) in [7, 11) is 0. The number of fused-ring (bicyclic) bond motifs is 2. The third-order valence-corrected chi connectivity index (χ3v) is 5.13. The number of nitrogens with zero attached hydrogens (tertiary/aromatic N) is 2. The highest BCUT2D eigenvalue weighted by atomic mass is 19.3. The van der Waals surface area contributed by atoms with Crippen molar-refractivity contribution >= 4 is 5.91 Å². The van der Waals surface area contributed by atoms with Gasteiger partial charge in [0.1, 0.15) is 0 Å². The molecule has 0 aliphatic heterocycles. The topological polar surface area (TPSA) is 46.9 Å². The van der Waals surface area contributed by atoms with E-state index in [1.54, 1.807) is 0 Å². The second-order valence-corrected chi connectivity index (χ2v) is 6.49. The summed E-state index contributed by atoms with van der Waals surface area (Å²) in [6, 6.07) is 1.49. The van der Waals surface area contributed by atoms with Gasteiger partial charge in [-0.1, -0.05) is 6.42 Å². The van der Waals surface area contributed by atoms with Crippen molar-refractivity contribution < 1.29 is 13.6 Å². The van der Waals surface area contributed by atoms with Crippen LogP contribution >= 0.6 is 0 Å². The van der Waals surface area contributed by atoms with E-state index in [1.165, 1.54) is 38.7 Å². The summed E-state index contributed by atoms with van der Waals surface area (Å²) in [4.78, 5) is 12.2. The van der Waals surface area contributed by atoms with E-state index in [2.05, 4.69) is 10.4 Å². The van der Waals surface area contributed by atoms with Crippen molar-refractivity contribution in [2.45, 2.75) is 52.1 Å². The van der Waals surface area contributed by atoms with E-state index in [1.807, 2.05) is 6.92 Å². The van der Waals surface area contributed by atoms with Gasteiger partial charge in [-0.25, -0.2) is 4.68 Å². The fourth-order valence-electron chi connectivity index (χ4n) is 4.09. The summed E-state index contributed by atoms with van der Waals surface area (Å²) in [6.45, 7) is 0.824. The average molecular weight is 297 g/mol. The van der Waals surface area contributed by atoms with Crippen molar-refractivity contribution in [1.82, 2.24) is 15.1 Å². The molecule has 2 saturated carbocycles. The SMILES string of the molecule is Cc1cc(C(=O)N[C@H](C)[C@@H]2C[C@@H]3CC[C@@H]2C3)nn1C(F)F. The van der Waals surface area contributed by atoms with Crippen LogP contribution in [0.5, 0.6) is 0 Å². The van der Waals surface area contributed by atoms with Crippen LogP contribution in [0.15, 0.2) is 6.07 Å². The Balaban J connectivity index is 1.64. The Kier molecular flexibility index (Phi) is 3.71. The van der Waals surface area contributed by atoms with Crippen molar-refractivity contribution in [2.75, 3.05) is 0 Å². The second kappa shape index (κ2) is 5.39. The highest BCUT2D eigenvalue weighted by Gasteiger charge is 2.42. The van der Waals surface area contributed by atoms with Crippen LogP contribution in [0.2, 0.25) is 0 Å². The van der Waals surface area contributed by atoms with Crippen LogP contribution in [-0.2, 0) is 0 Å². The Labute approximate surface area is 122 Å². The minimum atomic E-state index is -2.71. The van der Waals surface area contributed by atoms with Gasteiger partial charge in [-0.05, 0) is 56.9 Å². The fourth-order valence-corrected chi connectivity index (χ4v) is 4.09. The van der Waals surface area contributed by atoms with E-state index >= 15 is 0 Å². The number of rotatable bonds is 4. The number of carbonyl (C=O) groups excluding carboxylic acids is 1. The lowest BCUT2D eigenvalue weighted by atomic mass is 9.84. The zero-order chi connectivity index (χ0) is 15.1. The number of hydrogen-bond donors (Lipinski definition) is 1. The molecule has 4 nitrogen and oxygen atoms in total. The first-order valence-electron chi connectivity index (χ1n) is 7.61. The molecular formula is C15H21F2N3O. The molecule has 0 unspecified atom stereocenters. The van der Waals surface area contributed by atoms with E-state index in [-0.39, 0.29) is 17.6 Å². The highest BCUT2D eigenvalue weighted by molar-refractivity contribution is 5.92. The van der Waals surface area contributed by atoms with Gasteiger partial charge >= 0.3 is 6.55 Å². The van der Waals surface area contributed by atoms with E-state index in [0.29, 0.717) is 22.2 Å². The zero-order valence-electron chi connectivity index (χ0n) is 12.4. The van der Waals surface area contributed by atoms with Crippen LogP contribution in [0.1, 0.15) is 55.3 Å². The third kappa shape index (κ3) is 2.68. The first-order valence-corrected chi connectivity index (χ1v) is 7.61. The maximum atomic E-state index is 12.7. The standard InChI is InChI=1S/C15H21F2N3O/c1-8-5-13(19-20(8)15(16)17)14(21)18-9(2)12-7-10-3-4-11(12)6-10/h5,9-12,15H,3-4,6-7H2,1-2H3,(H,18,21)/t9-,10-,11-,12+/m1/s1. The van der Waals surface area contributed by atoms with E-state index in [9.17, 15) is 13.6 Å². The number of nitrogens with one attached hydrogen (secondary N) is 1. The lowest BCUT2D eigenvalue weighted by molar-refractivity contribution is 0.0538. The van der Waals surface area contributed by atoms with Crippen LogP contribution in [0.4, 0.5) is 8.78 Å². The minimum absolute atomic E-state index is 0.0720. The molecule has 2 aliphatic carbocycles. The van der Waals surface area contributed by atoms with Crippen LogP contribution in [-0.4, -0.2) is 21.7 Å². The third-order valence-electron chi connectivity index (χ3n) is 5.13. The molecule has 2 fully saturated rings. The fraction of sp³-hybridized carbons (Fsp3) is 0.733. The molecule has 0 aromatic carbocycles. The molecule has 116 valence electrons. The van der Waals surface area contributed by atoms with Crippen LogP contribution in [0, 0.1) is 24.7 Å². The molecule has 0 radical (unpaired) electrons. The smallest absolute Gasteiger partial charge is 0.333 e. The normalized spacial score (nSPS) is 29.1. The molecule has 6 heteroatoms. The Hall–Kier alpha value is -1.46. The monoisotopic (exact) mass is 297 g/mol. The van der Waals surface area contributed by atoms with E-state index < -0.39 is 6.55 Å². The summed E-state index contributed by atoms with van der Waals surface area (Å²) in [5.74, 6) is 1.70. The molecule has 0 saturated heterocycles. The summed E-state index contributed by atoms with van der Waals surface area (Å²) in [5, 5.41) is 6.63. The van der Waals surface area contributed by atoms with Gasteiger partial charge in [0.25, 0.3) is 5.91 Å². The zero-order valence-corrected chi connectivity index (χ0v) is 12.4. The van der Waals surface area contributed by atoms with Gasteiger partial charge in [-0.15, -0.1) is 0 Å². The van der Waals surface area contributed by atoms with E-state index in [0.717, 1.165) is 5.92 Å². The lowest BCUT2D eigenvalue weighted by Crippen LogP contribution is -2.40. The lowest BCUT2D eigenvalue weighted by Gasteiger charge is -2.28. The van der Waals surface area contributed by atoms with Crippen molar-refractivity contribution in [2.24, 2.45) is 17.8 Å². The van der Waals surface area contributed by atoms with Gasteiger partial charge in [0.05, 0.1) is 0 Å². The average Bonchev–Trinajstić information content (AvgIpc) is 3.12. The second-order valence-electron chi connectivity index (χ2n) is 6.49. The summed E-state index contributed by atoms with van der Waals surface area (Å²) in [6.07, 6.45) is 5.04. The maximum Gasteiger partial charge on any atom is 0.333 e. The van der Waals surface area contributed by atoms with Crippen LogP contribution in [0.25, 0.3) is 0 Å². The molecule has 2 aliphatic rings. The molecule has 3 rings (SSSR count). The molecule has 4 atom stereocenters. The summed E-state index contributed by atoms with van der Waals surface area (Å²) in [5.41, 5.74) is 0.366. The van der Waals surface area contributed by atoms with Crippen molar-refractivity contribution in [3.8, 4) is 0 Å². The highest BCUT2D eigenvalue weighted by Crippen LogP contribution is 2.49. The van der Waals surface area contributed by atoms with Gasteiger partial charge in [0.15, 0.2) is 5.69 Å². The largest absolute Gasteiger partial charge is 0.348 e. The van der Waals surface area contributed by atoms with Crippen molar-refractivity contribution in [3.63, 3.8) is 0 Å². The Bertz CT molecular complexity index is 543. The van der Waals surface area contributed by atoms with Gasteiger partial charge in [0, 0.05) is 11.7 Å². The molecule has 1 aromatic heterocycles. The first-order chi connectivity index (χ1) is 9.95. The number of aryl methyl sites for hydroxylation is 1. The predicted molar refractivity (Wildman–Crippen MR) is 74.1 cm³/mol. The molecule has 1 amide bonds. The van der Waals surface area contributed by atoms with Crippen LogP contribution in [0.3, 0.4) is 0 Å². The molecular weight excluding hydrogens is 276 g/mol. The van der Waals surface area contributed by atoms with Gasteiger partial charge in [-0.2, -0.15) is 13.9 Å². The van der Waals surface area contributed by atoms with Crippen LogP contribution < -0.4 is 5.32 Å².